The summed E-state index contributed by atoms with van der Waals surface area (Å²) in [6.45, 7) is 3.39. The lowest BCUT2D eigenvalue weighted by molar-refractivity contribution is -0.137. The molecule has 0 aliphatic carbocycles. The summed E-state index contributed by atoms with van der Waals surface area (Å²) in [7, 11) is 0. The highest BCUT2D eigenvalue weighted by Crippen LogP contribution is 1.94. The van der Waals surface area contributed by atoms with E-state index in [9.17, 15) is 9.59 Å². The summed E-state index contributed by atoms with van der Waals surface area (Å²) < 4.78 is 0. The van der Waals surface area contributed by atoms with E-state index >= 15 is 0 Å². The zero-order chi connectivity index (χ0) is 10.3. The van der Waals surface area contributed by atoms with Gasteiger partial charge in [0.1, 0.15) is 0 Å². The monoisotopic (exact) mass is 189 g/mol. The SMILES string of the molecule is CCN(CCC(=O)O)CCC(=O)O. The number of carboxylic acid groups (broad SMARTS) is 2. The molecule has 0 saturated heterocycles. The highest BCUT2D eigenvalue weighted by Gasteiger charge is 2.06. The molecule has 13 heavy (non-hydrogen) atoms. The fraction of sp³-hybridized carbons (Fsp3) is 0.750. The lowest BCUT2D eigenvalue weighted by Gasteiger charge is -2.17. The number of nitrogens with zero attached hydrogens (tertiary/aromatic N) is 1. The van der Waals surface area contributed by atoms with Gasteiger partial charge in [-0.1, -0.05) is 6.92 Å². The molecular formula is C8H15NO4. The minimum atomic E-state index is -0.853. The van der Waals surface area contributed by atoms with Crippen molar-refractivity contribution >= 4 is 11.9 Å². The largest absolute Gasteiger partial charge is 0.481 e. The van der Waals surface area contributed by atoms with Crippen LogP contribution in [0.4, 0.5) is 0 Å². The van der Waals surface area contributed by atoms with Gasteiger partial charge in [-0.2, -0.15) is 0 Å². The molecule has 0 radical (unpaired) electrons. The first-order valence-electron chi connectivity index (χ1n) is 4.22. The molecule has 2 N–H and O–H groups in total. The Hall–Kier alpha value is -1.10. The summed E-state index contributed by atoms with van der Waals surface area (Å²) in [5.74, 6) is -1.71. The predicted molar refractivity (Wildman–Crippen MR) is 46.6 cm³/mol. The maximum Gasteiger partial charge on any atom is 0.304 e. The Bertz CT molecular complexity index is 163. The van der Waals surface area contributed by atoms with Crippen LogP contribution in [0.25, 0.3) is 0 Å². The third kappa shape index (κ3) is 7.27. The molecule has 5 nitrogen and oxygen atoms in total. The van der Waals surface area contributed by atoms with Crippen molar-refractivity contribution in [3.8, 4) is 0 Å². The first-order chi connectivity index (χ1) is 6.06. The van der Waals surface area contributed by atoms with Crippen molar-refractivity contribution in [2.75, 3.05) is 19.6 Å². The van der Waals surface area contributed by atoms with Gasteiger partial charge in [0, 0.05) is 13.1 Å². The van der Waals surface area contributed by atoms with Gasteiger partial charge in [0.2, 0.25) is 0 Å². The van der Waals surface area contributed by atoms with Gasteiger partial charge >= 0.3 is 11.9 Å². The van der Waals surface area contributed by atoms with Crippen LogP contribution in [0.5, 0.6) is 0 Å². The van der Waals surface area contributed by atoms with Gasteiger partial charge in [-0.3, -0.25) is 9.59 Å². The second kappa shape index (κ2) is 6.42. The molecule has 0 unspecified atom stereocenters. The van der Waals surface area contributed by atoms with Crippen molar-refractivity contribution < 1.29 is 19.8 Å². The van der Waals surface area contributed by atoms with Crippen LogP contribution < -0.4 is 0 Å². The topological polar surface area (TPSA) is 77.8 Å². The third-order valence-corrected chi connectivity index (χ3v) is 1.73. The van der Waals surface area contributed by atoms with Crippen LogP contribution in [0, 0.1) is 0 Å². The molecule has 0 rings (SSSR count). The van der Waals surface area contributed by atoms with Gasteiger partial charge in [0.05, 0.1) is 12.8 Å². The van der Waals surface area contributed by atoms with Crippen molar-refractivity contribution in [1.29, 1.82) is 0 Å². The van der Waals surface area contributed by atoms with E-state index in [0.717, 1.165) is 0 Å². The van der Waals surface area contributed by atoms with Gasteiger partial charge < -0.3 is 15.1 Å². The second-order valence-electron chi connectivity index (χ2n) is 2.72. The van der Waals surface area contributed by atoms with Crippen molar-refractivity contribution in [2.24, 2.45) is 0 Å². The van der Waals surface area contributed by atoms with E-state index < -0.39 is 11.9 Å². The summed E-state index contributed by atoms with van der Waals surface area (Å²) in [6, 6.07) is 0. The first kappa shape index (κ1) is 11.9. The second-order valence-corrected chi connectivity index (χ2v) is 2.72. The molecule has 0 bridgehead atoms. The first-order valence-corrected chi connectivity index (χ1v) is 4.22. The van der Waals surface area contributed by atoms with Crippen LogP contribution in [0.1, 0.15) is 19.8 Å². The summed E-state index contributed by atoms with van der Waals surface area (Å²) in [5, 5.41) is 16.8. The van der Waals surface area contributed by atoms with Gasteiger partial charge in [-0.05, 0) is 6.54 Å². The smallest absolute Gasteiger partial charge is 0.304 e. The Balaban J connectivity index is 3.63. The number of carbonyl (C=O) groups is 2. The molecule has 76 valence electrons. The van der Waals surface area contributed by atoms with Crippen LogP contribution in [-0.2, 0) is 9.59 Å². The third-order valence-electron chi connectivity index (χ3n) is 1.73. The Morgan fingerprint density at radius 2 is 1.46 bits per heavy atom. The number of hydrogen-bond acceptors (Lipinski definition) is 3. The van der Waals surface area contributed by atoms with Crippen molar-refractivity contribution in [3.05, 3.63) is 0 Å². The molecule has 0 aliphatic heterocycles. The fourth-order valence-electron chi connectivity index (χ4n) is 0.936. The number of aliphatic carboxylic acids is 2. The minimum Gasteiger partial charge on any atom is -0.481 e. The van der Waals surface area contributed by atoms with Gasteiger partial charge in [-0.15, -0.1) is 0 Å². The molecule has 0 aromatic rings. The van der Waals surface area contributed by atoms with Crippen LogP contribution in [0.15, 0.2) is 0 Å². The van der Waals surface area contributed by atoms with Gasteiger partial charge in [0.25, 0.3) is 0 Å². The lowest BCUT2D eigenvalue weighted by atomic mass is 10.3. The molecule has 0 fully saturated rings. The van der Waals surface area contributed by atoms with Crippen LogP contribution >= 0.6 is 0 Å². The van der Waals surface area contributed by atoms with E-state index in [0.29, 0.717) is 19.6 Å². The Kier molecular flexibility index (Phi) is 5.88. The number of carboxylic acids is 2. The number of rotatable bonds is 7. The molecule has 0 aliphatic rings. The zero-order valence-electron chi connectivity index (χ0n) is 7.69. The maximum absolute atomic E-state index is 10.2. The Labute approximate surface area is 77.0 Å². The summed E-state index contributed by atoms with van der Waals surface area (Å²) in [6.07, 6.45) is 0.126. The highest BCUT2D eigenvalue weighted by molar-refractivity contribution is 5.67. The van der Waals surface area contributed by atoms with Crippen molar-refractivity contribution in [2.45, 2.75) is 19.8 Å². The summed E-state index contributed by atoms with van der Waals surface area (Å²) in [4.78, 5) is 22.2. The predicted octanol–water partition coefficient (Wildman–Crippen LogP) is 0.258. The molecule has 0 spiro atoms. The number of hydrogen-bond donors (Lipinski definition) is 2. The molecule has 0 atom stereocenters. The molecule has 0 aromatic carbocycles. The average Bonchev–Trinajstić information content (AvgIpc) is 2.04. The van der Waals surface area contributed by atoms with Crippen LogP contribution in [0.3, 0.4) is 0 Å². The fourth-order valence-corrected chi connectivity index (χ4v) is 0.936. The van der Waals surface area contributed by atoms with Gasteiger partial charge in [-0.25, -0.2) is 0 Å². The Morgan fingerprint density at radius 1 is 1.08 bits per heavy atom. The average molecular weight is 189 g/mol. The summed E-state index contributed by atoms with van der Waals surface area (Å²) >= 11 is 0. The van der Waals surface area contributed by atoms with Crippen molar-refractivity contribution in [1.82, 2.24) is 4.90 Å². The normalized spacial score (nSPS) is 10.3. The van der Waals surface area contributed by atoms with E-state index in [4.69, 9.17) is 10.2 Å². The van der Waals surface area contributed by atoms with E-state index in [2.05, 4.69) is 0 Å². The van der Waals surface area contributed by atoms with E-state index in [1.807, 2.05) is 11.8 Å². The maximum atomic E-state index is 10.2. The standard InChI is InChI=1S/C8H15NO4/c1-2-9(5-3-7(10)11)6-4-8(12)13/h2-6H2,1H3,(H,10,11)(H,12,13). The summed E-state index contributed by atoms with van der Waals surface area (Å²) in [5.41, 5.74) is 0. The molecule has 0 heterocycles. The lowest BCUT2D eigenvalue weighted by Crippen LogP contribution is -2.28. The van der Waals surface area contributed by atoms with Crippen LogP contribution in [-0.4, -0.2) is 46.7 Å². The highest BCUT2D eigenvalue weighted by atomic mass is 16.4. The zero-order valence-corrected chi connectivity index (χ0v) is 7.69. The van der Waals surface area contributed by atoms with Crippen molar-refractivity contribution in [3.63, 3.8) is 0 Å². The molecule has 0 amide bonds. The molecule has 0 aromatic heterocycles. The van der Waals surface area contributed by atoms with Crippen LogP contribution in [0.2, 0.25) is 0 Å². The quantitative estimate of drug-likeness (QED) is 0.600. The Morgan fingerprint density at radius 3 is 1.69 bits per heavy atom. The molecule has 0 saturated carbocycles. The molecular weight excluding hydrogens is 174 g/mol. The molecule has 5 heteroatoms. The van der Waals surface area contributed by atoms with E-state index in [-0.39, 0.29) is 12.8 Å². The van der Waals surface area contributed by atoms with E-state index in [1.54, 1.807) is 0 Å². The minimum absolute atomic E-state index is 0.0630. The van der Waals surface area contributed by atoms with E-state index in [1.165, 1.54) is 0 Å². The van der Waals surface area contributed by atoms with Gasteiger partial charge in [0.15, 0.2) is 0 Å².